The van der Waals surface area contributed by atoms with Crippen LogP contribution in [0.5, 0.6) is 0 Å². The molecule has 0 bridgehead atoms. The third-order valence-electron chi connectivity index (χ3n) is 25.7. The van der Waals surface area contributed by atoms with Crippen LogP contribution in [0.15, 0.2) is 346 Å². The lowest BCUT2D eigenvalue weighted by Crippen LogP contribution is -2.14. The molecule has 0 amide bonds. The molecule has 16 aromatic carbocycles. The van der Waals surface area contributed by atoms with Crippen LogP contribution in [0.2, 0.25) is 0 Å². The SMILES string of the molecule is CC1(C)c2ccccc2-c2ccc(-c3ccc4c(c3)c3ccccc3n4-c3ccc(-c4ccc5nc(-c6ccc(-n7c8ccccc8c8cc(-c9ccc%10c(c9)C(C)(C)c9ccccc9-%10)ccc87)cc6)nc(-c6cccc(-n7c8ccccc8c8cc(-c9ccc%10c(c9)C(C)(C)c9ccccc9-%10)ccc87)c6)c5c4)cc3)cc21. The number of fused-ring (bicyclic) bond motifs is 19. The molecule has 0 unspecified atom stereocenters. The normalized spacial score (nSPS) is 14.0. The van der Waals surface area contributed by atoms with Crippen molar-refractivity contribution in [1.82, 2.24) is 23.7 Å². The number of aromatic nitrogens is 5. The topological polar surface area (TPSA) is 40.6 Å². The van der Waals surface area contributed by atoms with Crippen molar-refractivity contribution >= 4 is 76.3 Å². The van der Waals surface area contributed by atoms with E-state index in [0.717, 1.165) is 78.0 Å². The largest absolute Gasteiger partial charge is 0.309 e. The van der Waals surface area contributed by atoms with Crippen molar-refractivity contribution in [2.75, 3.05) is 0 Å². The predicted octanol–water partition coefficient (Wildman–Crippen LogP) is 27.8. The van der Waals surface area contributed by atoms with Gasteiger partial charge < -0.3 is 13.7 Å². The van der Waals surface area contributed by atoms with Crippen molar-refractivity contribution in [2.24, 2.45) is 0 Å². The fourth-order valence-electron chi connectivity index (χ4n) is 20.0. The van der Waals surface area contributed by atoms with Gasteiger partial charge in [0.1, 0.15) is 0 Å². The molecule has 5 heteroatoms. The molecule has 0 radical (unpaired) electrons. The van der Waals surface area contributed by atoms with Crippen LogP contribution in [-0.2, 0) is 16.2 Å². The zero-order chi connectivity index (χ0) is 74.6. The van der Waals surface area contributed by atoms with E-state index in [-0.39, 0.29) is 16.2 Å². The second kappa shape index (κ2) is 23.6. The molecule has 528 valence electrons. The summed E-state index contributed by atoms with van der Waals surface area (Å²) in [4.78, 5) is 11.2. The Balaban J connectivity index is 0.626. The van der Waals surface area contributed by atoms with Crippen molar-refractivity contribution in [3.63, 3.8) is 0 Å². The minimum absolute atomic E-state index is 0.0806. The van der Waals surface area contributed by atoms with Gasteiger partial charge in [0.2, 0.25) is 0 Å². The van der Waals surface area contributed by atoms with Crippen LogP contribution >= 0.6 is 0 Å². The van der Waals surface area contributed by atoms with E-state index >= 15 is 0 Å². The van der Waals surface area contributed by atoms with E-state index in [2.05, 4.69) is 401 Å². The number of para-hydroxylation sites is 3. The van der Waals surface area contributed by atoms with Crippen LogP contribution in [0.3, 0.4) is 0 Å². The van der Waals surface area contributed by atoms with Gasteiger partial charge in [0.25, 0.3) is 0 Å². The molecule has 0 N–H and O–H groups in total. The highest BCUT2D eigenvalue weighted by Crippen LogP contribution is 2.54. The standard InChI is InChI=1S/C107H75N5/c1-105(2)90-28-13-7-22-77(90)80-49-38-70(61-93(80)105)67-42-53-100-86(57-67)83-25-10-16-31-97(83)110(100)74-45-34-64(35-46-74)66-41-52-96-89(60-66)103(73-20-19-21-76(56-73)112-99-33-18-12-27-85(99)88-59-69(44-55-102(88)112)72-40-51-82-79-24-9-15-30-92(79)107(5,6)95(82)63-72)109-104(108-96)65-36-47-75(48-37-65)111-98-32-17-11-26-84(98)87-58-68(43-54-101(87)111)71-39-50-81-78-23-8-14-29-91(78)106(3,4)94(81)62-71/h7-63H,1-6H3. The number of hydrogen-bond donors (Lipinski definition) is 0. The van der Waals surface area contributed by atoms with Crippen molar-refractivity contribution in [3.8, 4) is 118 Å². The summed E-state index contributed by atoms with van der Waals surface area (Å²) in [5.41, 5.74) is 39.4. The number of rotatable bonds is 9. The molecule has 0 atom stereocenters. The van der Waals surface area contributed by atoms with Crippen LogP contribution in [-0.4, -0.2) is 23.7 Å². The summed E-state index contributed by atoms with van der Waals surface area (Å²) in [7, 11) is 0. The van der Waals surface area contributed by atoms with Crippen LogP contribution < -0.4 is 0 Å². The Morgan fingerprint density at radius 1 is 0.196 bits per heavy atom. The highest BCUT2D eigenvalue weighted by atomic mass is 15.0. The molecule has 3 aliphatic rings. The predicted molar refractivity (Wildman–Crippen MR) is 468 cm³/mol. The van der Waals surface area contributed by atoms with Gasteiger partial charge >= 0.3 is 0 Å². The molecule has 0 saturated heterocycles. The number of hydrogen-bond acceptors (Lipinski definition) is 2. The summed E-state index contributed by atoms with van der Waals surface area (Å²) in [5, 5.41) is 8.29. The summed E-state index contributed by atoms with van der Waals surface area (Å²) in [6, 6.07) is 129. The third kappa shape index (κ3) is 9.37. The van der Waals surface area contributed by atoms with Gasteiger partial charge in [-0.2, -0.15) is 0 Å². The molecule has 20 aromatic rings. The Bertz CT molecular complexity index is 7450. The zero-order valence-corrected chi connectivity index (χ0v) is 63.1. The second-order valence-electron chi connectivity index (χ2n) is 32.8. The first-order chi connectivity index (χ1) is 54.8. The maximum Gasteiger partial charge on any atom is 0.160 e. The average molecular weight is 1430 g/mol. The molecule has 0 spiro atoms. The molecule has 0 saturated carbocycles. The van der Waals surface area contributed by atoms with Crippen LogP contribution in [0.1, 0.15) is 74.9 Å². The Morgan fingerprint density at radius 2 is 0.518 bits per heavy atom. The lowest BCUT2D eigenvalue weighted by Gasteiger charge is -2.22. The zero-order valence-electron chi connectivity index (χ0n) is 63.1. The minimum atomic E-state index is -0.0993. The molecule has 3 aliphatic carbocycles. The number of benzene rings is 16. The van der Waals surface area contributed by atoms with E-state index in [1.807, 2.05) is 0 Å². The van der Waals surface area contributed by atoms with Crippen molar-refractivity contribution in [1.29, 1.82) is 0 Å². The molecular formula is C107H75N5. The summed E-state index contributed by atoms with van der Waals surface area (Å²) in [6.45, 7) is 14.2. The fraction of sp³-hybridized carbons (Fsp3) is 0.0841. The Hall–Kier alpha value is -13.7. The molecule has 112 heavy (non-hydrogen) atoms. The minimum Gasteiger partial charge on any atom is -0.309 e. The van der Waals surface area contributed by atoms with Crippen LogP contribution in [0.25, 0.3) is 194 Å². The van der Waals surface area contributed by atoms with Gasteiger partial charge in [0, 0.05) is 82.1 Å². The van der Waals surface area contributed by atoms with Crippen molar-refractivity contribution < 1.29 is 0 Å². The Morgan fingerprint density at radius 3 is 0.955 bits per heavy atom. The highest BCUT2D eigenvalue weighted by molar-refractivity contribution is 6.14. The van der Waals surface area contributed by atoms with Gasteiger partial charge in [-0.25, -0.2) is 9.97 Å². The molecule has 23 rings (SSSR count). The van der Waals surface area contributed by atoms with Gasteiger partial charge in [0.15, 0.2) is 5.82 Å². The fourth-order valence-corrected chi connectivity index (χ4v) is 20.0. The highest BCUT2D eigenvalue weighted by Gasteiger charge is 2.38. The average Bonchev–Trinajstić information content (AvgIpc) is 1.58. The third-order valence-corrected chi connectivity index (χ3v) is 25.7. The van der Waals surface area contributed by atoms with E-state index in [0.29, 0.717) is 5.82 Å². The molecule has 0 fully saturated rings. The van der Waals surface area contributed by atoms with Gasteiger partial charge in [-0.15, -0.1) is 0 Å². The van der Waals surface area contributed by atoms with E-state index < -0.39 is 0 Å². The maximum atomic E-state index is 5.72. The lowest BCUT2D eigenvalue weighted by atomic mass is 9.81. The van der Waals surface area contributed by atoms with Gasteiger partial charge in [-0.05, 0) is 245 Å². The monoisotopic (exact) mass is 1430 g/mol. The van der Waals surface area contributed by atoms with E-state index in [1.165, 1.54) is 143 Å². The molecule has 4 aromatic heterocycles. The maximum absolute atomic E-state index is 5.72. The molecular weight excluding hydrogens is 1360 g/mol. The first kappa shape index (κ1) is 64.3. The summed E-state index contributed by atoms with van der Waals surface area (Å²) < 4.78 is 7.26. The van der Waals surface area contributed by atoms with E-state index in [1.54, 1.807) is 0 Å². The van der Waals surface area contributed by atoms with Crippen molar-refractivity contribution in [3.05, 3.63) is 379 Å². The summed E-state index contributed by atoms with van der Waals surface area (Å²) in [5.74, 6) is 0.660. The number of nitrogens with zero attached hydrogens (tertiary/aromatic N) is 5. The van der Waals surface area contributed by atoms with E-state index in [4.69, 9.17) is 9.97 Å². The first-order valence-corrected chi connectivity index (χ1v) is 39.3. The smallest absolute Gasteiger partial charge is 0.160 e. The van der Waals surface area contributed by atoms with Crippen LogP contribution in [0, 0.1) is 0 Å². The Kier molecular flexibility index (Phi) is 13.6. The Labute approximate surface area is 650 Å². The summed E-state index contributed by atoms with van der Waals surface area (Å²) >= 11 is 0. The quantitative estimate of drug-likeness (QED) is 0.144. The van der Waals surface area contributed by atoms with Crippen molar-refractivity contribution in [2.45, 2.75) is 57.8 Å². The lowest BCUT2D eigenvalue weighted by molar-refractivity contribution is 0.660. The molecule has 0 aliphatic heterocycles. The van der Waals surface area contributed by atoms with Gasteiger partial charge in [-0.1, -0.05) is 254 Å². The second-order valence-corrected chi connectivity index (χ2v) is 32.8. The molecule has 5 nitrogen and oxygen atoms in total. The van der Waals surface area contributed by atoms with Crippen LogP contribution in [0.4, 0.5) is 0 Å². The first-order valence-electron chi connectivity index (χ1n) is 39.3. The molecule has 4 heterocycles. The van der Waals surface area contributed by atoms with Gasteiger partial charge in [0.05, 0.1) is 44.3 Å². The van der Waals surface area contributed by atoms with E-state index in [9.17, 15) is 0 Å². The van der Waals surface area contributed by atoms with Gasteiger partial charge in [-0.3, -0.25) is 0 Å². The summed E-state index contributed by atoms with van der Waals surface area (Å²) in [6.07, 6.45) is 0.